The van der Waals surface area contributed by atoms with Crippen molar-refractivity contribution in [3.8, 4) is 0 Å². The predicted molar refractivity (Wildman–Crippen MR) is 108 cm³/mol. The van der Waals surface area contributed by atoms with Crippen LogP contribution in [0.15, 0.2) is 30.3 Å². The minimum atomic E-state index is -1.19. The minimum absolute atomic E-state index is 0.0436. The van der Waals surface area contributed by atoms with E-state index < -0.39 is 48.4 Å². The highest BCUT2D eigenvalue weighted by Crippen LogP contribution is 2.06. The van der Waals surface area contributed by atoms with Crippen LogP contribution in [-0.2, 0) is 25.6 Å². The molecule has 0 radical (unpaired) electrons. The summed E-state index contributed by atoms with van der Waals surface area (Å²) in [5.41, 5.74) is 6.67. The maximum absolute atomic E-state index is 12.5. The number of carbonyl (C=O) groups is 4. The first-order valence-corrected chi connectivity index (χ1v) is 9.55. The molecule has 0 aliphatic carbocycles. The molecule has 4 unspecified atom stereocenters. The van der Waals surface area contributed by atoms with Crippen molar-refractivity contribution in [2.45, 2.75) is 51.7 Å². The molecule has 0 saturated carbocycles. The number of hydrogen-bond acceptors (Lipinski definition) is 5. The van der Waals surface area contributed by atoms with E-state index >= 15 is 0 Å². The second kappa shape index (κ2) is 11.8. The highest BCUT2D eigenvalue weighted by molar-refractivity contribution is 5.93. The molecule has 0 spiro atoms. The molecular formula is C20H30N4O5. The molecular weight excluding hydrogens is 376 g/mol. The average molecular weight is 406 g/mol. The molecule has 0 bridgehead atoms. The van der Waals surface area contributed by atoms with Crippen molar-refractivity contribution in [2.24, 2.45) is 11.7 Å². The topological polar surface area (TPSA) is 151 Å². The molecule has 29 heavy (non-hydrogen) atoms. The molecule has 0 saturated heterocycles. The summed E-state index contributed by atoms with van der Waals surface area (Å²) in [6, 6.07) is 6.34. The van der Waals surface area contributed by atoms with Gasteiger partial charge in [-0.25, -0.2) is 0 Å². The largest absolute Gasteiger partial charge is 0.480 e. The van der Waals surface area contributed by atoms with Crippen LogP contribution in [0.5, 0.6) is 0 Å². The first kappa shape index (κ1) is 24.1. The molecule has 9 nitrogen and oxygen atoms in total. The fourth-order valence-electron chi connectivity index (χ4n) is 2.53. The zero-order valence-corrected chi connectivity index (χ0v) is 17.0. The zero-order valence-electron chi connectivity index (χ0n) is 17.0. The Morgan fingerprint density at radius 2 is 1.62 bits per heavy atom. The van der Waals surface area contributed by atoms with Crippen LogP contribution in [0.1, 0.15) is 32.8 Å². The Kier molecular flexibility index (Phi) is 9.81. The lowest BCUT2D eigenvalue weighted by Crippen LogP contribution is -2.56. The maximum Gasteiger partial charge on any atom is 0.322 e. The van der Waals surface area contributed by atoms with E-state index in [9.17, 15) is 19.2 Å². The predicted octanol–water partition coefficient (Wildman–Crippen LogP) is -0.207. The lowest BCUT2D eigenvalue weighted by Gasteiger charge is -2.23. The Balaban J connectivity index is 2.79. The van der Waals surface area contributed by atoms with Crippen molar-refractivity contribution in [1.29, 1.82) is 0 Å². The summed E-state index contributed by atoms with van der Waals surface area (Å²) in [5, 5.41) is 16.2. The second-order valence-electron chi connectivity index (χ2n) is 7.00. The number of aliphatic carboxylic acids is 1. The van der Waals surface area contributed by atoms with Gasteiger partial charge < -0.3 is 26.8 Å². The van der Waals surface area contributed by atoms with Crippen molar-refractivity contribution in [2.75, 3.05) is 6.54 Å². The number of amides is 3. The molecule has 1 aromatic carbocycles. The molecule has 9 heteroatoms. The van der Waals surface area contributed by atoms with Crippen LogP contribution >= 0.6 is 0 Å². The van der Waals surface area contributed by atoms with Crippen molar-refractivity contribution < 1.29 is 24.3 Å². The minimum Gasteiger partial charge on any atom is -0.480 e. The third kappa shape index (κ3) is 8.30. The summed E-state index contributed by atoms with van der Waals surface area (Å²) in [7, 11) is 0. The van der Waals surface area contributed by atoms with Gasteiger partial charge in [-0.05, 0) is 18.4 Å². The highest BCUT2D eigenvalue weighted by atomic mass is 16.4. The Morgan fingerprint density at radius 3 is 2.17 bits per heavy atom. The average Bonchev–Trinajstić information content (AvgIpc) is 2.70. The molecule has 0 fully saturated rings. The third-order valence-electron chi connectivity index (χ3n) is 4.64. The van der Waals surface area contributed by atoms with E-state index in [0.29, 0.717) is 0 Å². The van der Waals surface area contributed by atoms with Crippen LogP contribution in [0.2, 0.25) is 0 Å². The molecule has 0 aliphatic heterocycles. The second-order valence-corrected chi connectivity index (χ2v) is 7.00. The van der Waals surface area contributed by atoms with Crippen molar-refractivity contribution >= 4 is 23.7 Å². The standard InChI is InChI=1S/C20H30N4O5/c1-4-12(2)17(21)20(29)23-13(3)18(27)24-15(19(28)22-11-16(25)26)10-14-8-6-5-7-9-14/h5-9,12-13,15,17H,4,10-11,21H2,1-3H3,(H,22,28)(H,23,29)(H,24,27)(H,25,26). The van der Waals surface area contributed by atoms with E-state index in [2.05, 4.69) is 16.0 Å². The number of rotatable bonds is 11. The summed E-state index contributed by atoms with van der Waals surface area (Å²) in [5.74, 6) is -2.88. The fraction of sp³-hybridized carbons (Fsp3) is 0.500. The molecule has 1 aromatic rings. The zero-order chi connectivity index (χ0) is 22.0. The first-order valence-electron chi connectivity index (χ1n) is 9.55. The third-order valence-corrected chi connectivity index (χ3v) is 4.64. The lowest BCUT2D eigenvalue weighted by molar-refractivity contribution is -0.138. The van der Waals surface area contributed by atoms with Crippen LogP contribution < -0.4 is 21.7 Å². The molecule has 1 rings (SSSR count). The summed E-state index contributed by atoms with van der Waals surface area (Å²) in [6.45, 7) is 4.69. The van der Waals surface area contributed by atoms with Gasteiger partial charge in [0, 0.05) is 6.42 Å². The van der Waals surface area contributed by atoms with Crippen LogP contribution in [0.25, 0.3) is 0 Å². The molecule has 160 valence electrons. The summed E-state index contributed by atoms with van der Waals surface area (Å²) in [6.07, 6.45) is 0.892. The monoisotopic (exact) mass is 406 g/mol. The van der Waals surface area contributed by atoms with Crippen molar-refractivity contribution in [1.82, 2.24) is 16.0 Å². The number of carboxylic acids is 1. The van der Waals surface area contributed by atoms with Gasteiger partial charge in [0.1, 0.15) is 18.6 Å². The van der Waals surface area contributed by atoms with E-state index in [4.69, 9.17) is 10.8 Å². The highest BCUT2D eigenvalue weighted by Gasteiger charge is 2.27. The smallest absolute Gasteiger partial charge is 0.322 e. The molecule has 4 atom stereocenters. The van der Waals surface area contributed by atoms with Gasteiger partial charge in [0.25, 0.3) is 0 Å². The van der Waals surface area contributed by atoms with Crippen molar-refractivity contribution in [3.05, 3.63) is 35.9 Å². The Bertz CT molecular complexity index is 710. The summed E-state index contributed by atoms with van der Waals surface area (Å²) < 4.78 is 0. The van der Waals surface area contributed by atoms with E-state index in [-0.39, 0.29) is 12.3 Å². The number of carbonyl (C=O) groups excluding carboxylic acids is 3. The lowest BCUT2D eigenvalue weighted by atomic mass is 9.99. The SMILES string of the molecule is CCC(C)C(N)C(=O)NC(C)C(=O)NC(Cc1ccccc1)C(=O)NCC(=O)O. The van der Waals surface area contributed by atoms with E-state index in [0.717, 1.165) is 12.0 Å². The van der Waals surface area contributed by atoms with Gasteiger partial charge >= 0.3 is 5.97 Å². The number of nitrogens with one attached hydrogen (secondary N) is 3. The molecule has 0 heterocycles. The van der Waals surface area contributed by atoms with Gasteiger partial charge in [-0.3, -0.25) is 19.2 Å². The Morgan fingerprint density at radius 1 is 1.00 bits per heavy atom. The molecule has 0 aliphatic rings. The molecule has 0 aromatic heterocycles. The summed E-state index contributed by atoms with van der Waals surface area (Å²) in [4.78, 5) is 47.8. The maximum atomic E-state index is 12.5. The molecule has 6 N–H and O–H groups in total. The van der Waals surface area contributed by atoms with Crippen LogP contribution in [0, 0.1) is 5.92 Å². The number of hydrogen-bond donors (Lipinski definition) is 5. The quantitative estimate of drug-likeness (QED) is 0.343. The first-order chi connectivity index (χ1) is 13.6. The van der Waals surface area contributed by atoms with E-state index in [1.807, 2.05) is 19.9 Å². The van der Waals surface area contributed by atoms with Crippen LogP contribution in [-0.4, -0.2) is 53.5 Å². The van der Waals surface area contributed by atoms with Gasteiger partial charge in [-0.1, -0.05) is 50.6 Å². The number of carboxylic acid groups (broad SMARTS) is 1. The van der Waals surface area contributed by atoms with Crippen LogP contribution in [0.3, 0.4) is 0 Å². The van der Waals surface area contributed by atoms with E-state index in [1.54, 1.807) is 24.3 Å². The fourth-order valence-corrected chi connectivity index (χ4v) is 2.53. The van der Waals surface area contributed by atoms with E-state index in [1.165, 1.54) is 6.92 Å². The normalized spacial score (nSPS) is 14.8. The molecule has 3 amide bonds. The number of nitrogens with two attached hydrogens (primary N) is 1. The van der Waals surface area contributed by atoms with Crippen molar-refractivity contribution in [3.63, 3.8) is 0 Å². The Labute approximate surface area is 170 Å². The van der Waals surface area contributed by atoms with Gasteiger partial charge in [0.2, 0.25) is 17.7 Å². The van der Waals surface area contributed by atoms with Gasteiger partial charge in [-0.15, -0.1) is 0 Å². The van der Waals surface area contributed by atoms with Gasteiger partial charge in [-0.2, -0.15) is 0 Å². The number of benzene rings is 1. The van der Waals surface area contributed by atoms with Crippen LogP contribution in [0.4, 0.5) is 0 Å². The van der Waals surface area contributed by atoms with Gasteiger partial charge in [0.05, 0.1) is 6.04 Å². The van der Waals surface area contributed by atoms with Gasteiger partial charge in [0.15, 0.2) is 0 Å². The summed E-state index contributed by atoms with van der Waals surface area (Å²) >= 11 is 0. The Hall–Kier alpha value is -2.94.